The summed E-state index contributed by atoms with van der Waals surface area (Å²) < 4.78 is 119. The second kappa shape index (κ2) is 11.1. The van der Waals surface area contributed by atoms with E-state index in [4.69, 9.17) is 33.0 Å². The summed E-state index contributed by atoms with van der Waals surface area (Å²) in [6, 6.07) is 0. The fourth-order valence-electron chi connectivity index (χ4n) is 3.11. The summed E-state index contributed by atoms with van der Waals surface area (Å²) in [5.41, 5.74) is 0. The van der Waals surface area contributed by atoms with Gasteiger partial charge in [0.1, 0.15) is 36.6 Å². The summed E-state index contributed by atoms with van der Waals surface area (Å²) in [5.74, 6) is -1.88. The third-order valence-electron chi connectivity index (χ3n) is 4.51. The summed E-state index contributed by atoms with van der Waals surface area (Å²) in [6.07, 6.45) is -19.2. The molecule has 0 aliphatic carbocycles. The van der Waals surface area contributed by atoms with Gasteiger partial charge in [0, 0.05) is 0 Å². The van der Waals surface area contributed by atoms with Crippen LogP contribution in [0.4, 0.5) is 0 Å². The number of aliphatic hydroxyl groups excluding tert-OH is 3. The first kappa shape index (κ1) is 30.1. The maximum Gasteiger partial charge on any atom is 0.397 e. The van der Waals surface area contributed by atoms with E-state index >= 15 is 0 Å². The number of aliphatic carboxylic acids is 1. The molecule has 7 N–H and O–H groups in total. The highest BCUT2D eigenvalue weighted by atomic mass is 32.3. The molecule has 2 saturated heterocycles. The first-order valence-electron chi connectivity index (χ1n) is 8.92. The Balaban J connectivity index is 2.35. The van der Waals surface area contributed by atoms with Crippen LogP contribution in [0.1, 0.15) is 0 Å². The summed E-state index contributed by atoms with van der Waals surface area (Å²) in [5, 5.41) is 39.5. The zero-order valence-corrected chi connectivity index (χ0v) is 19.2. The lowest BCUT2D eigenvalue weighted by Gasteiger charge is -2.41. The lowest BCUT2D eigenvalue weighted by atomic mass is 9.98. The molecule has 2 aliphatic rings. The second-order valence-electron chi connectivity index (χ2n) is 6.96. The standard InChI is InChI=1S/C12H20O20S3/c13-5-3(1-27-33(18,19)20)29-4(2-28-34(21,22)23)8(5)30-12-10(32-35(24,25)26)7(15)6(14)9(31-12)11(16)17/h3-10,12-15H,1-2H2,(H,16,17)(H,18,19,20)(H,21,22,23)(H,24,25,26). The zero-order valence-electron chi connectivity index (χ0n) is 16.8. The molecule has 20 nitrogen and oxygen atoms in total. The fourth-order valence-corrected chi connectivity index (χ4v) is 4.21. The molecular formula is C12H20O20S3. The topological polar surface area (TPSA) is 316 Å². The van der Waals surface area contributed by atoms with E-state index in [1.807, 2.05) is 0 Å². The normalized spacial score (nSPS) is 36.8. The van der Waals surface area contributed by atoms with E-state index in [1.165, 1.54) is 0 Å². The van der Waals surface area contributed by atoms with Crippen molar-refractivity contribution in [3.63, 3.8) is 0 Å². The molecule has 35 heavy (non-hydrogen) atoms. The van der Waals surface area contributed by atoms with Crippen LogP contribution in [0.2, 0.25) is 0 Å². The van der Waals surface area contributed by atoms with E-state index in [1.54, 1.807) is 0 Å². The van der Waals surface area contributed by atoms with Crippen LogP contribution in [-0.4, -0.2) is 134 Å². The number of carboxylic acids is 1. The lowest BCUT2D eigenvalue weighted by molar-refractivity contribution is -0.306. The third kappa shape index (κ3) is 8.72. The Morgan fingerprint density at radius 3 is 1.69 bits per heavy atom. The largest absolute Gasteiger partial charge is 0.479 e. The van der Waals surface area contributed by atoms with Crippen LogP contribution in [0.15, 0.2) is 0 Å². The van der Waals surface area contributed by atoms with Gasteiger partial charge in [0.15, 0.2) is 18.5 Å². The highest BCUT2D eigenvalue weighted by molar-refractivity contribution is 7.81. The first-order chi connectivity index (χ1) is 15.8. The van der Waals surface area contributed by atoms with Gasteiger partial charge in [-0.15, -0.1) is 0 Å². The SMILES string of the molecule is O=C(O)C1OC(OC2C(COS(=O)(=O)O)OC(COS(=O)(=O)O)C2O)C(OS(=O)(=O)O)C(O)C1O. The maximum absolute atomic E-state index is 11.3. The molecular weight excluding hydrogens is 560 g/mol. The zero-order chi connectivity index (χ0) is 26.9. The predicted molar refractivity (Wildman–Crippen MR) is 99.3 cm³/mol. The third-order valence-corrected chi connectivity index (χ3v) is 5.84. The van der Waals surface area contributed by atoms with Gasteiger partial charge in [-0.3, -0.25) is 13.7 Å². The Hall–Kier alpha value is -1.16. The van der Waals surface area contributed by atoms with Gasteiger partial charge >= 0.3 is 37.2 Å². The molecule has 0 aromatic carbocycles. The van der Waals surface area contributed by atoms with Crippen LogP contribution in [0.3, 0.4) is 0 Å². The predicted octanol–water partition coefficient (Wildman–Crippen LogP) is -5.14. The van der Waals surface area contributed by atoms with E-state index in [9.17, 15) is 45.4 Å². The van der Waals surface area contributed by atoms with Gasteiger partial charge in [-0.25, -0.2) is 17.3 Å². The molecule has 9 atom stereocenters. The average Bonchev–Trinajstić information content (AvgIpc) is 2.97. The van der Waals surface area contributed by atoms with E-state index in [2.05, 4.69) is 12.5 Å². The molecule has 206 valence electrons. The van der Waals surface area contributed by atoms with Gasteiger partial charge in [-0.2, -0.15) is 25.3 Å². The Morgan fingerprint density at radius 2 is 1.23 bits per heavy atom. The summed E-state index contributed by atoms with van der Waals surface area (Å²) in [6.45, 7) is -2.25. The van der Waals surface area contributed by atoms with Crippen molar-refractivity contribution in [2.45, 2.75) is 55.1 Å². The molecule has 23 heteroatoms. The molecule has 2 rings (SSSR count). The van der Waals surface area contributed by atoms with Crippen LogP contribution in [0.5, 0.6) is 0 Å². The number of hydrogen-bond acceptors (Lipinski definition) is 16. The smallest absolute Gasteiger partial charge is 0.397 e. The number of carbonyl (C=O) groups is 1. The van der Waals surface area contributed by atoms with Crippen molar-refractivity contribution < 1.29 is 90.9 Å². The van der Waals surface area contributed by atoms with Gasteiger partial charge in [0.2, 0.25) is 0 Å². The van der Waals surface area contributed by atoms with Crippen molar-refractivity contribution in [2.75, 3.05) is 13.2 Å². The molecule has 0 spiro atoms. The van der Waals surface area contributed by atoms with Crippen LogP contribution in [0, 0.1) is 0 Å². The minimum Gasteiger partial charge on any atom is -0.479 e. The summed E-state index contributed by atoms with van der Waals surface area (Å²) in [7, 11) is -15.6. The van der Waals surface area contributed by atoms with E-state index in [-0.39, 0.29) is 0 Å². The van der Waals surface area contributed by atoms with Crippen LogP contribution in [0.25, 0.3) is 0 Å². The molecule has 9 unspecified atom stereocenters. The molecule has 2 heterocycles. The van der Waals surface area contributed by atoms with Crippen molar-refractivity contribution >= 4 is 37.2 Å². The Kier molecular flexibility index (Phi) is 9.51. The van der Waals surface area contributed by atoms with E-state index < -0.39 is 106 Å². The minimum atomic E-state index is -5.40. The maximum atomic E-state index is 11.3. The highest BCUT2D eigenvalue weighted by Crippen LogP contribution is 2.32. The quantitative estimate of drug-likeness (QED) is 0.112. The van der Waals surface area contributed by atoms with Gasteiger partial charge in [0.25, 0.3) is 0 Å². The van der Waals surface area contributed by atoms with Crippen LogP contribution < -0.4 is 0 Å². The van der Waals surface area contributed by atoms with E-state index in [0.717, 1.165) is 0 Å². The highest BCUT2D eigenvalue weighted by Gasteiger charge is 2.54. The van der Waals surface area contributed by atoms with Crippen molar-refractivity contribution in [1.29, 1.82) is 0 Å². The molecule has 2 aliphatic heterocycles. The number of rotatable bonds is 11. The van der Waals surface area contributed by atoms with Gasteiger partial charge in [-0.1, -0.05) is 0 Å². The summed E-state index contributed by atoms with van der Waals surface area (Å²) in [4.78, 5) is 11.3. The van der Waals surface area contributed by atoms with Gasteiger partial charge in [0.05, 0.1) is 13.2 Å². The van der Waals surface area contributed by atoms with Crippen molar-refractivity contribution in [3.05, 3.63) is 0 Å². The molecule has 0 aromatic rings. The Bertz CT molecular complexity index is 1070. The molecule has 0 amide bonds. The minimum absolute atomic E-state index is 1.10. The van der Waals surface area contributed by atoms with Crippen LogP contribution in [-0.2, 0) is 62.8 Å². The van der Waals surface area contributed by atoms with Crippen molar-refractivity contribution in [2.24, 2.45) is 0 Å². The summed E-state index contributed by atoms with van der Waals surface area (Å²) >= 11 is 0. The van der Waals surface area contributed by atoms with E-state index in [0.29, 0.717) is 0 Å². The molecule has 0 bridgehead atoms. The lowest BCUT2D eigenvalue weighted by Crippen LogP contribution is -2.62. The van der Waals surface area contributed by atoms with Crippen LogP contribution >= 0.6 is 0 Å². The Morgan fingerprint density at radius 1 is 0.714 bits per heavy atom. The number of ether oxygens (including phenoxy) is 3. The fraction of sp³-hybridized carbons (Fsp3) is 0.917. The Labute approximate surface area is 196 Å². The molecule has 0 aromatic heterocycles. The number of carboxylic acid groups (broad SMARTS) is 1. The molecule has 2 fully saturated rings. The molecule has 0 saturated carbocycles. The van der Waals surface area contributed by atoms with Gasteiger partial charge < -0.3 is 34.6 Å². The number of aliphatic hydroxyl groups is 3. The van der Waals surface area contributed by atoms with Crippen molar-refractivity contribution in [1.82, 2.24) is 0 Å². The van der Waals surface area contributed by atoms with Crippen molar-refractivity contribution in [3.8, 4) is 0 Å². The average molecular weight is 580 g/mol. The first-order valence-corrected chi connectivity index (χ1v) is 13.0. The monoisotopic (exact) mass is 580 g/mol. The second-order valence-corrected chi connectivity index (χ2v) is 10.2. The van der Waals surface area contributed by atoms with Gasteiger partial charge in [-0.05, 0) is 0 Å². The molecule has 0 radical (unpaired) electrons. The number of hydrogen-bond donors (Lipinski definition) is 7.